The van der Waals surface area contributed by atoms with Gasteiger partial charge in [-0.2, -0.15) is 5.10 Å². The summed E-state index contributed by atoms with van der Waals surface area (Å²) in [5, 5.41) is 4.05. The Bertz CT molecular complexity index is 1020. The summed E-state index contributed by atoms with van der Waals surface area (Å²) in [6.45, 7) is 2.44. The number of carbonyl (C=O) groups is 1. The second-order valence-electron chi connectivity index (χ2n) is 6.76. The van der Waals surface area contributed by atoms with E-state index in [2.05, 4.69) is 26.5 Å². The fourth-order valence-electron chi connectivity index (χ4n) is 2.79. The van der Waals surface area contributed by atoms with Crippen LogP contribution in [0.5, 0.6) is 11.5 Å². The normalized spacial score (nSPS) is 10.8. The summed E-state index contributed by atoms with van der Waals surface area (Å²) >= 11 is 3.53. The van der Waals surface area contributed by atoms with Crippen molar-refractivity contribution in [1.82, 2.24) is 5.43 Å². The lowest BCUT2D eigenvalue weighted by atomic mass is 10.1. The maximum absolute atomic E-state index is 12.1. The van der Waals surface area contributed by atoms with Crippen LogP contribution in [0.4, 0.5) is 0 Å². The van der Waals surface area contributed by atoms with Crippen molar-refractivity contribution in [2.24, 2.45) is 5.10 Å². The van der Waals surface area contributed by atoms with Gasteiger partial charge in [-0.1, -0.05) is 60.2 Å². The predicted octanol–water partition coefficient (Wildman–Crippen LogP) is 5.04. The van der Waals surface area contributed by atoms with Crippen molar-refractivity contribution in [3.8, 4) is 11.5 Å². The highest BCUT2D eigenvalue weighted by Gasteiger charge is 2.11. The molecular formula is C24H23BrN2O3. The number of halogens is 1. The van der Waals surface area contributed by atoms with Gasteiger partial charge in [0.15, 0.2) is 11.5 Å². The topological polar surface area (TPSA) is 59.9 Å². The number of benzene rings is 3. The zero-order valence-corrected chi connectivity index (χ0v) is 18.5. The molecule has 0 bridgehead atoms. The molecule has 3 rings (SSSR count). The summed E-state index contributed by atoms with van der Waals surface area (Å²) in [4.78, 5) is 12.1. The molecule has 154 valence electrons. The molecule has 0 radical (unpaired) electrons. The zero-order valence-electron chi connectivity index (χ0n) is 16.9. The van der Waals surface area contributed by atoms with Crippen molar-refractivity contribution in [3.05, 3.63) is 93.5 Å². The molecule has 3 aromatic carbocycles. The van der Waals surface area contributed by atoms with Crippen LogP contribution >= 0.6 is 15.9 Å². The molecule has 0 saturated carbocycles. The second-order valence-corrected chi connectivity index (χ2v) is 7.62. The fourth-order valence-corrected chi connectivity index (χ4v) is 3.37. The number of nitrogens with zero attached hydrogens (tertiary/aromatic N) is 1. The van der Waals surface area contributed by atoms with Crippen LogP contribution in [0.1, 0.15) is 22.3 Å². The number of carbonyl (C=O) groups excluding carboxylic acids is 1. The van der Waals surface area contributed by atoms with Gasteiger partial charge in [0.1, 0.15) is 6.61 Å². The number of amides is 1. The van der Waals surface area contributed by atoms with Crippen LogP contribution in [-0.2, 0) is 17.8 Å². The van der Waals surface area contributed by atoms with Crippen LogP contribution < -0.4 is 14.9 Å². The van der Waals surface area contributed by atoms with Gasteiger partial charge in [0, 0.05) is 0 Å². The van der Waals surface area contributed by atoms with Gasteiger partial charge in [-0.15, -0.1) is 0 Å². The first-order valence-corrected chi connectivity index (χ1v) is 10.3. The number of ether oxygens (including phenoxy) is 2. The first-order valence-electron chi connectivity index (χ1n) is 9.47. The molecule has 0 heterocycles. The van der Waals surface area contributed by atoms with Gasteiger partial charge in [-0.25, -0.2) is 5.43 Å². The third-order valence-corrected chi connectivity index (χ3v) is 4.95. The molecule has 0 aliphatic rings. The Morgan fingerprint density at radius 2 is 1.80 bits per heavy atom. The molecule has 3 aromatic rings. The third-order valence-electron chi connectivity index (χ3n) is 4.37. The zero-order chi connectivity index (χ0) is 21.3. The number of nitrogens with one attached hydrogen (secondary N) is 1. The van der Waals surface area contributed by atoms with E-state index in [0.29, 0.717) is 18.1 Å². The summed E-state index contributed by atoms with van der Waals surface area (Å²) in [6.07, 6.45) is 1.85. The molecule has 5 nitrogen and oxygen atoms in total. The number of hydrogen-bond acceptors (Lipinski definition) is 4. The highest BCUT2D eigenvalue weighted by atomic mass is 79.9. The van der Waals surface area contributed by atoms with E-state index < -0.39 is 0 Å². The van der Waals surface area contributed by atoms with Crippen molar-refractivity contribution in [2.75, 3.05) is 7.11 Å². The van der Waals surface area contributed by atoms with Gasteiger partial charge in [0.05, 0.1) is 24.2 Å². The molecule has 30 heavy (non-hydrogen) atoms. The number of hydrazone groups is 1. The molecule has 0 saturated heterocycles. The maximum atomic E-state index is 12.1. The lowest BCUT2D eigenvalue weighted by Crippen LogP contribution is -2.19. The molecule has 0 atom stereocenters. The molecule has 1 amide bonds. The van der Waals surface area contributed by atoms with Crippen molar-refractivity contribution in [1.29, 1.82) is 0 Å². The van der Waals surface area contributed by atoms with Crippen LogP contribution in [0.2, 0.25) is 0 Å². The summed E-state index contributed by atoms with van der Waals surface area (Å²) in [6, 6.07) is 21.4. The lowest BCUT2D eigenvalue weighted by Gasteiger charge is -2.13. The Labute approximate surface area is 184 Å². The summed E-state index contributed by atoms with van der Waals surface area (Å²) in [7, 11) is 1.58. The fraction of sp³-hybridized carbons (Fsp3) is 0.167. The van der Waals surface area contributed by atoms with E-state index in [1.165, 1.54) is 0 Å². The molecular weight excluding hydrogens is 444 g/mol. The molecule has 0 fully saturated rings. The van der Waals surface area contributed by atoms with Gasteiger partial charge in [-0.05, 0) is 51.7 Å². The first-order chi connectivity index (χ1) is 14.5. The molecule has 1 N–H and O–H groups in total. The van der Waals surface area contributed by atoms with E-state index in [-0.39, 0.29) is 12.3 Å². The van der Waals surface area contributed by atoms with E-state index in [1.54, 1.807) is 19.4 Å². The van der Waals surface area contributed by atoms with E-state index >= 15 is 0 Å². The minimum atomic E-state index is -0.177. The van der Waals surface area contributed by atoms with Crippen molar-refractivity contribution in [2.45, 2.75) is 20.0 Å². The summed E-state index contributed by atoms with van der Waals surface area (Å²) < 4.78 is 12.1. The average Bonchev–Trinajstić information content (AvgIpc) is 2.75. The number of rotatable bonds is 8. The Kier molecular flexibility index (Phi) is 7.63. The SMILES string of the molecule is COc1cc(/C=N/NC(=O)Cc2ccc(C)cc2)cc(Br)c1OCc1ccccc1. The third kappa shape index (κ3) is 6.19. The highest BCUT2D eigenvalue weighted by molar-refractivity contribution is 9.10. The second kappa shape index (κ2) is 10.6. The van der Waals surface area contributed by atoms with E-state index in [0.717, 1.165) is 26.7 Å². The number of hydrogen-bond donors (Lipinski definition) is 1. The van der Waals surface area contributed by atoms with E-state index in [1.807, 2.05) is 67.6 Å². The van der Waals surface area contributed by atoms with E-state index in [4.69, 9.17) is 9.47 Å². The molecule has 6 heteroatoms. The smallest absolute Gasteiger partial charge is 0.244 e. The summed E-state index contributed by atoms with van der Waals surface area (Å²) in [5.74, 6) is 1.01. The molecule has 0 aliphatic carbocycles. The van der Waals surface area contributed by atoms with Gasteiger partial charge < -0.3 is 9.47 Å². The van der Waals surface area contributed by atoms with Gasteiger partial charge >= 0.3 is 0 Å². The first kappa shape index (κ1) is 21.6. The molecule has 0 aliphatic heterocycles. The van der Waals surface area contributed by atoms with Crippen molar-refractivity contribution < 1.29 is 14.3 Å². The Balaban J connectivity index is 1.62. The van der Waals surface area contributed by atoms with Crippen LogP contribution in [0.3, 0.4) is 0 Å². The van der Waals surface area contributed by atoms with Gasteiger partial charge in [0.2, 0.25) is 5.91 Å². The van der Waals surface area contributed by atoms with Crippen molar-refractivity contribution >= 4 is 28.1 Å². The number of methoxy groups -OCH3 is 1. The molecule has 0 unspecified atom stereocenters. The monoisotopic (exact) mass is 466 g/mol. The summed E-state index contributed by atoms with van der Waals surface area (Å²) in [5.41, 5.74) is 6.49. The van der Waals surface area contributed by atoms with Crippen LogP contribution in [0.15, 0.2) is 76.3 Å². The molecule has 0 aromatic heterocycles. The quantitative estimate of drug-likeness (QED) is 0.373. The Hall–Kier alpha value is -3.12. The highest BCUT2D eigenvalue weighted by Crippen LogP contribution is 2.36. The Morgan fingerprint density at radius 1 is 1.07 bits per heavy atom. The molecule has 0 spiro atoms. The van der Waals surface area contributed by atoms with E-state index in [9.17, 15) is 4.79 Å². The van der Waals surface area contributed by atoms with Gasteiger partial charge in [0.25, 0.3) is 0 Å². The lowest BCUT2D eigenvalue weighted by molar-refractivity contribution is -0.120. The number of aryl methyl sites for hydroxylation is 1. The minimum absolute atomic E-state index is 0.177. The largest absolute Gasteiger partial charge is 0.493 e. The standard InChI is InChI=1S/C24H23BrN2O3/c1-17-8-10-18(11-9-17)14-23(28)27-26-15-20-12-21(25)24(22(13-20)29-2)30-16-19-6-4-3-5-7-19/h3-13,15H,14,16H2,1-2H3,(H,27,28)/b26-15+. The van der Waals surface area contributed by atoms with Gasteiger partial charge in [-0.3, -0.25) is 4.79 Å². The maximum Gasteiger partial charge on any atom is 0.244 e. The predicted molar refractivity (Wildman–Crippen MR) is 122 cm³/mol. The van der Waals surface area contributed by atoms with Crippen molar-refractivity contribution in [3.63, 3.8) is 0 Å². The minimum Gasteiger partial charge on any atom is -0.493 e. The van der Waals surface area contributed by atoms with Crippen LogP contribution in [-0.4, -0.2) is 19.2 Å². The average molecular weight is 467 g/mol. The van der Waals surface area contributed by atoms with Crippen LogP contribution in [0.25, 0.3) is 0 Å². The Morgan fingerprint density at radius 3 is 2.50 bits per heavy atom. The van der Waals surface area contributed by atoms with Crippen LogP contribution in [0, 0.1) is 6.92 Å².